The molecule has 5 heteroatoms. The Labute approximate surface area is 109 Å². The largest absolute Gasteiger partial charge is 0.477 e. The van der Waals surface area contributed by atoms with Crippen molar-refractivity contribution >= 4 is 16.9 Å². The van der Waals surface area contributed by atoms with Gasteiger partial charge < -0.3 is 10.1 Å². The van der Waals surface area contributed by atoms with Gasteiger partial charge >= 0.3 is 5.97 Å². The number of rotatable bonds is 2. The van der Waals surface area contributed by atoms with E-state index in [0.29, 0.717) is 5.56 Å². The molecule has 0 aliphatic rings. The SMILES string of the molecule is Cc1nn(C)c(C(=O)O)c1-c1ccc2[nH]ccc2c1. The van der Waals surface area contributed by atoms with Gasteiger partial charge in [0.05, 0.1) is 5.69 Å². The first kappa shape index (κ1) is 11.5. The summed E-state index contributed by atoms with van der Waals surface area (Å²) in [4.78, 5) is 14.5. The summed E-state index contributed by atoms with van der Waals surface area (Å²) in [5.41, 5.74) is 3.51. The Morgan fingerprint density at radius 2 is 2.16 bits per heavy atom. The fraction of sp³-hybridized carbons (Fsp3) is 0.143. The predicted molar refractivity (Wildman–Crippen MR) is 72.2 cm³/mol. The van der Waals surface area contributed by atoms with Crippen LogP contribution < -0.4 is 0 Å². The third-order valence-electron chi connectivity index (χ3n) is 3.27. The number of carboxylic acid groups (broad SMARTS) is 1. The zero-order valence-electron chi connectivity index (χ0n) is 10.6. The molecule has 0 atom stereocenters. The van der Waals surface area contributed by atoms with Gasteiger partial charge in [0.25, 0.3) is 0 Å². The van der Waals surface area contributed by atoms with Crippen molar-refractivity contribution in [3.63, 3.8) is 0 Å². The van der Waals surface area contributed by atoms with E-state index in [1.54, 1.807) is 7.05 Å². The molecule has 0 amide bonds. The lowest BCUT2D eigenvalue weighted by Gasteiger charge is -2.03. The van der Waals surface area contributed by atoms with E-state index in [0.717, 1.165) is 22.2 Å². The van der Waals surface area contributed by atoms with Crippen molar-refractivity contribution in [2.45, 2.75) is 6.92 Å². The fourth-order valence-electron chi connectivity index (χ4n) is 2.46. The van der Waals surface area contributed by atoms with E-state index >= 15 is 0 Å². The van der Waals surface area contributed by atoms with Crippen LogP contribution in [0.3, 0.4) is 0 Å². The van der Waals surface area contributed by atoms with Crippen LogP contribution in [0.4, 0.5) is 0 Å². The summed E-state index contributed by atoms with van der Waals surface area (Å²) in [6.07, 6.45) is 1.86. The van der Waals surface area contributed by atoms with E-state index in [1.807, 2.05) is 37.4 Å². The van der Waals surface area contributed by atoms with Crippen LogP contribution in [0.5, 0.6) is 0 Å². The summed E-state index contributed by atoms with van der Waals surface area (Å²) >= 11 is 0. The molecule has 3 aromatic rings. The minimum atomic E-state index is -0.965. The van der Waals surface area contributed by atoms with Crippen LogP contribution in [0.25, 0.3) is 22.0 Å². The van der Waals surface area contributed by atoms with Crippen molar-refractivity contribution in [2.75, 3.05) is 0 Å². The number of fused-ring (bicyclic) bond motifs is 1. The Morgan fingerprint density at radius 1 is 1.37 bits per heavy atom. The van der Waals surface area contributed by atoms with Crippen LogP contribution in [0.15, 0.2) is 30.5 Å². The number of aromatic carboxylic acids is 1. The lowest BCUT2D eigenvalue weighted by molar-refractivity contribution is 0.0686. The van der Waals surface area contributed by atoms with Gasteiger partial charge in [-0.25, -0.2) is 4.79 Å². The molecule has 0 aliphatic carbocycles. The van der Waals surface area contributed by atoms with Gasteiger partial charge in [-0.3, -0.25) is 4.68 Å². The average Bonchev–Trinajstić information content (AvgIpc) is 2.91. The molecular formula is C14H13N3O2. The molecule has 0 spiro atoms. The first-order valence-corrected chi connectivity index (χ1v) is 5.92. The normalized spacial score (nSPS) is 11.1. The number of hydrogen-bond acceptors (Lipinski definition) is 2. The van der Waals surface area contributed by atoms with Crippen molar-refractivity contribution in [1.82, 2.24) is 14.8 Å². The number of H-pyrrole nitrogens is 1. The summed E-state index contributed by atoms with van der Waals surface area (Å²) < 4.78 is 1.41. The maximum Gasteiger partial charge on any atom is 0.354 e. The van der Waals surface area contributed by atoms with Gasteiger partial charge in [0, 0.05) is 24.3 Å². The minimum absolute atomic E-state index is 0.215. The number of aromatic nitrogens is 3. The number of aryl methyl sites for hydroxylation is 2. The maximum atomic E-state index is 11.4. The van der Waals surface area contributed by atoms with E-state index in [-0.39, 0.29) is 5.69 Å². The molecule has 0 fully saturated rings. The molecule has 19 heavy (non-hydrogen) atoms. The van der Waals surface area contributed by atoms with Gasteiger partial charge in [0.2, 0.25) is 0 Å². The van der Waals surface area contributed by atoms with E-state index in [9.17, 15) is 9.90 Å². The zero-order valence-corrected chi connectivity index (χ0v) is 10.6. The van der Waals surface area contributed by atoms with E-state index < -0.39 is 5.97 Å². The molecule has 2 heterocycles. The molecule has 96 valence electrons. The maximum absolute atomic E-state index is 11.4. The number of benzene rings is 1. The number of nitrogens with zero attached hydrogens (tertiary/aromatic N) is 2. The first-order chi connectivity index (χ1) is 9.08. The first-order valence-electron chi connectivity index (χ1n) is 5.92. The average molecular weight is 255 g/mol. The third-order valence-corrected chi connectivity index (χ3v) is 3.27. The van der Waals surface area contributed by atoms with Crippen LogP contribution in [0.2, 0.25) is 0 Å². The minimum Gasteiger partial charge on any atom is -0.477 e. The van der Waals surface area contributed by atoms with Crippen LogP contribution in [-0.4, -0.2) is 25.8 Å². The van der Waals surface area contributed by atoms with Crippen molar-refractivity contribution < 1.29 is 9.90 Å². The highest BCUT2D eigenvalue weighted by Gasteiger charge is 2.20. The quantitative estimate of drug-likeness (QED) is 0.739. The zero-order chi connectivity index (χ0) is 13.6. The summed E-state index contributed by atoms with van der Waals surface area (Å²) in [5, 5.41) is 14.6. The lowest BCUT2D eigenvalue weighted by atomic mass is 10.0. The second-order valence-corrected chi connectivity index (χ2v) is 4.52. The van der Waals surface area contributed by atoms with Gasteiger partial charge in [-0.2, -0.15) is 5.10 Å². The smallest absolute Gasteiger partial charge is 0.354 e. The molecule has 0 radical (unpaired) electrons. The molecule has 1 aromatic carbocycles. The van der Waals surface area contributed by atoms with Crippen LogP contribution >= 0.6 is 0 Å². The molecule has 3 rings (SSSR count). The molecule has 5 nitrogen and oxygen atoms in total. The Hall–Kier alpha value is -2.56. The number of hydrogen-bond donors (Lipinski definition) is 2. The number of aromatic amines is 1. The van der Waals surface area contributed by atoms with Crippen molar-refractivity contribution in [2.24, 2.45) is 7.05 Å². The van der Waals surface area contributed by atoms with E-state index in [4.69, 9.17) is 0 Å². The lowest BCUT2D eigenvalue weighted by Crippen LogP contribution is -2.06. The van der Waals surface area contributed by atoms with E-state index in [1.165, 1.54) is 4.68 Å². The van der Waals surface area contributed by atoms with Crippen LogP contribution in [0, 0.1) is 6.92 Å². The molecule has 0 saturated carbocycles. The predicted octanol–water partition coefficient (Wildman–Crippen LogP) is 2.58. The Bertz CT molecular complexity index is 783. The monoisotopic (exact) mass is 255 g/mol. The molecule has 0 unspecified atom stereocenters. The highest BCUT2D eigenvalue weighted by molar-refractivity contribution is 5.96. The van der Waals surface area contributed by atoms with Crippen LogP contribution in [0.1, 0.15) is 16.2 Å². The molecule has 0 saturated heterocycles. The number of carbonyl (C=O) groups is 1. The molecular weight excluding hydrogens is 242 g/mol. The van der Waals surface area contributed by atoms with Gasteiger partial charge in [0.15, 0.2) is 5.69 Å². The summed E-state index contributed by atoms with van der Waals surface area (Å²) in [6.45, 7) is 1.82. The van der Waals surface area contributed by atoms with Crippen molar-refractivity contribution in [1.29, 1.82) is 0 Å². The van der Waals surface area contributed by atoms with Gasteiger partial charge in [-0.05, 0) is 36.1 Å². The molecule has 2 N–H and O–H groups in total. The Kier molecular flexibility index (Phi) is 2.41. The summed E-state index contributed by atoms with van der Waals surface area (Å²) in [5.74, 6) is -0.965. The Morgan fingerprint density at radius 3 is 2.89 bits per heavy atom. The van der Waals surface area contributed by atoms with Gasteiger partial charge in [-0.1, -0.05) is 6.07 Å². The standard InChI is InChI=1S/C14H13N3O2/c1-8-12(13(14(18)19)17(2)16-8)10-3-4-11-9(7-10)5-6-15-11/h3-7,15H,1-2H3,(H,18,19). The second kappa shape index (κ2) is 3.98. The van der Waals surface area contributed by atoms with Gasteiger partial charge in [0.1, 0.15) is 0 Å². The molecule has 2 aromatic heterocycles. The summed E-state index contributed by atoms with van der Waals surface area (Å²) in [7, 11) is 1.65. The molecule has 0 aliphatic heterocycles. The van der Waals surface area contributed by atoms with Gasteiger partial charge in [-0.15, -0.1) is 0 Å². The third kappa shape index (κ3) is 1.71. The fourth-order valence-corrected chi connectivity index (χ4v) is 2.46. The number of carboxylic acids is 1. The highest BCUT2D eigenvalue weighted by Crippen LogP contribution is 2.29. The molecule has 0 bridgehead atoms. The van der Waals surface area contributed by atoms with Crippen molar-refractivity contribution in [3.05, 3.63) is 41.9 Å². The van der Waals surface area contributed by atoms with E-state index in [2.05, 4.69) is 10.1 Å². The Balaban J connectivity index is 2.28. The van der Waals surface area contributed by atoms with Crippen LogP contribution in [-0.2, 0) is 7.05 Å². The highest BCUT2D eigenvalue weighted by atomic mass is 16.4. The van der Waals surface area contributed by atoms with Crippen molar-refractivity contribution in [3.8, 4) is 11.1 Å². The number of nitrogens with one attached hydrogen (secondary N) is 1. The summed E-state index contributed by atoms with van der Waals surface area (Å²) in [6, 6.07) is 7.80. The topological polar surface area (TPSA) is 70.9 Å². The second-order valence-electron chi connectivity index (χ2n) is 4.52.